The summed E-state index contributed by atoms with van der Waals surface area (Å²) in [5.41, 5.74) is -0.479. The fourth-order valence-electron chi connectivity index (χ4n) is 5.63. The Labute approximate surface area is 308 Å². The number of piperidine rings is 3. The largest absolute Gasteiger partial charge is 0.573 e. The first-order chi connectivity index (χ1) is 24.3. The van der Waals surface area contributed by atoms with Gasteiger partial charge in [0.15, 0.2) is 0 Å². The normalized spacial score (nSPS) is 20.0. The van der Waals surface area contributed by atoms with Crippen molar-refractivity contribution in [1.29, 1.82) is 0 Å². The van der Waals surface area contributed by atoms with E-state index in [1.54, 1.807) is 0 Å². The lowest BCUT2D eigenvalue weighted by atomic mass is 10.0. The number of Topliss-reactive ketones (excluding diaryl/α,β-unsaturated/α-hetero) is 2. The molecular weight excluding hydrogens is 786 g/mol. The molecule has 4 fully saturated rings. The molecule has 13 nitrogen and oxygen atoms in total. The van der Waals surface area contributed by atoms with Gasteiger partial charge in [-0.15, -0.1) is 38.7 Å². The van der Waals surface area contributed by atoms with Gasteiger partial charge in [-0.2, -0.15) is 8.61 Å². The lowest BCUT2D eigenvalue weighted by Gasteiger charge is -2.37. The number of nitrogens with one attached hydrogen (secondary N) is 2. The van der Waals surface area contributed by atoms with Crippen molar-refractivity contribution >= 4 is 44.0 Å². The molecule has 0 unspecified atom stereocenters. The van der Waals surface area contributed by atoms with Gasteiger partial charge in [-0.1, -0.05) is 12.1 Å². The number of sulfonamides is 2. The molecule has 6 rings (SSSR count). The van der Waals surface area contributed by atoms with Crippen molar-refractivity contribution in [2.45, 2.75) is 66.8 Å². The van der Waals surface area contributed by atoms with Crippen LogP contribution < -0.4 is 20.1 Å². The smallest absolute Gasteiger partial charge is 0.406 e. The predicted molar refractivity (Wildman–Crippen MR) is 178 cm³/mol. The van der Waals surface area contributed by atoms with E-state index in [9.17, 15) is 52.8 Å². The molecule has 4 aliphatic rings. The molecule has 0 saturated carbocycles. The maximum Gasteiger partial charge on any atom is 0.573 e. The van der Waals surface area contributed by atoms with Crippen LogP contribution in [0.15, 0.2) is 58.3 Å². The molecule has 0 amide bonds. The van der Waals surface area contributed by atoms with Crippen molar-refractivity contribution in [1.82, 2.24) is 19.2 Å². The van der Waals surface area contributed by atoms with Crippen LogP contribution in [0.5, 0.6) is 11.5 Å². The zero-order chi connectivity index (χ0) is 38.2. The van der Waals surface area contributed by atoms with Crippen LogP contribution in [-0.4, -0.2) is 108 Å². The molecule has 0 atom stereocenters. The van der Waals surface area contributed by atoms with Gasteiger partial charge in [0, 0.05) is 96.5 Å². The van der Waals surface area contributed by atoms with Gasteiger partial charge in [0.05, 0.1) is 16.4 Å². The zero-order valence-corrected chi connectivity index (χ0v) is 30.5. The molecular formula is C31H39ClF6N4O9S2. The Kier molecular flexibility index (Phi) is 15.5. The van der Waals surface area contributed by atoms with Gasteiger partial charge in [0.2, 0.25) is 20.0 Å². The predicted octanol–water partition coefficient (Wildman–Crippen LogP) is 3.99. The summed E-state index contributed by atoms with van der Waals surface area (Å²) in [4.78, 5) is 21.0. The molecule has 2 aromatic rings. The topological polar surface area (TPSA) is 161 Å². The number of carbonyl (C=O) groups is 2. The van der Waals surface area contributed by atoms with Crippen LogP contribution in [0, 0.1) is 0 Å². The van der Waals surface area contributed by atoms with Gasteiger partial charge in [0.25, 0.3) is 0 Å². The average molecular weight is 825 g/mol. The van der Waals surface area contributed by atoms with E-state index >= 15 is 0 Å². The first-order valence-corrected chi connectivity index (χ1v) is 19.0. The minimum atomic E-state index is -4.89. The summed E-state index contributed by atoms with van der Waals surface area (Å²) < 4.78 is 139. The van der Waals surface area contributed by atoms with Crippen LogP contribution in [-0.2, 0) is 34.4 Å². The Morgan fingerprint density at radius 3 is 1.47 bits per heavy atom. The number of alkyl halides is 6. The van der Waals surface area contributed by atoms with E-state index in [-0.39, 0.29) is 67.0 Å². The summed E-state index contributed by atoms with van der Waals surface area (Å²) in [6, 6.07) is 8.63. The summed E-state index contributed by atoms with van der Waals surface area (Å²) in [6.07, 6.45) is -7.09. The van der Waals surface area contributed by atoms with Crippen molar-refractivity contribution in [3.8, 4) is 11.5 Å². The monoisotopic (exact) mass is 824 g/mol. The zero-order valence-electron chi connectivity index (χ0n) is 28.1. The Bertz CT molecular complexity index is 1750. The maximum atomic E-state index is 12.6. The number of benzene rings is 2. The molecule has 2 aromatic carbocycles. The number of ketones is 2. The number of ether oxygens (including phenoxy) is 3. The Balaban J connectivity index is 0.000000239. The lowest BCUT2D eigenvalue weighted by molar-refractivity contribution is -0.275. The third kappa shape index (κ3) is 13.3. The summed E-state index contributed by atoms with van der Waals surface area (Å²) in [5, 5.41) is 6.32. The summed E-state index contributed by atoms with van der Waals surface area (Å²) >= 11 is 0. The highest BCUT2D eigenvalue weighted by molar-refractivity contribution is 7.89. The van der Waals surface area contributed by atoms with E-state index in [1.165, 1.54) is 28.6 Å². The molecule has 53 heavy (non-hydrogen) atoms. The maximum absolute atomic E-state index is 12.6. The average Bonchev–Trinajstić information content (AvgIpc) is 3.52. The molecule has 298 valence electrons. The van der Waals surface area contributed by atoms with E-state index in [1.807, 2.05) is 0 Å². The van der Waals surface area contributed by atoms with Crippen LogP contribution in [0.1, 0.15) is 38.5 Å². The third-order valence-corrected chi connectivity index (χ3v) is 12.0. The quantitative estimate of drug-likeness (QED) is 0.406. The summed E-state index contributed by atoms with van der Waals surface area (Å²) in [5.74, 6) is -0.788. The number of nitrogens with zero attached hydrogens (tertiary/aromatic N) is 2. The van der Waals surface area contributed by atoms with E-state index in [2.05, 4.69) is 20.1 Å². The number of halogens is 7. The molecule has 0 radical (unpaired) electrons. The number of hydrogen-bond acceptors (Lipinski definition) is 11. The van der Waals surface area contributed by atoms with E-state index in [0.717, 1.165) is 61.0 Å². The number of hydrogen-bond donors (Lipinski definition) is 2. The van der Waals surface area contributed by atoms with Crippen molar-refractivity contribution in [3.63, 3.8) is 0 Å². The van der Waals surface area contributed by atoms with Gasteiger partial charge < -0.3 is 19.5 Å². The van der Waals surface area contributed by atoms with E-state index in [4.69, 9.17) is 4.74 Å². The molecule has 0 aromatic heterocycles. The standard InChI is InChI=1S/C14H17F3N2O4S.C12H12F3NO4S.C5H9NO.ClH/c15-14(16,17)23-11-2-1-3-12(10-11)24(20,21)19-7-4-13(5-8-19)18-6-9-22-13;13-12(14,15)20-10-2-1-3-11(8-10)21(18,19)16-6-4-9(17)5-7-16;7-5-1-3-6-4-2-5;/h1-3,10,18H,4-9H2;1-3,8H,4-7H2;6H,1-4H2;1H. The molecule has 4 saturated heterocycles. The Morgan fingerprint density at radius 1 is 0.660 bits per heavy atom. The van der Waals surface area contributed by atoms with Gasteiger partial charge in [0.1, 0.15) is 28.8 Å². The lowest BCUT2D eigenvalue weighted by Crippen LogP contribution is -2.52. The molecule has 0 bridgehead atoms. The third-order valence-electron chi connectivity index (χ3n) is 8.25. The van der Waals surface area contributed by atoms with Gasteiger partial charge in [-0.3, -0.25) is 14.9 Å². The van der Waals surface area contributed by atoms with E-state index < -0.39 is 50.0 Å². The highest BCUT2D eigenvalue weighted by Crippen LogP contribution is 2.32. The Hall–Kier alpha value is -3.05. The van der Waals surface area contributed by atoms with Crippen molar-refractivity contribution < 1.29 is 67.0 Å². The minimum Gasteiger partial charge on any atom is -0.406 e. The molecule has 1 spiro atoms. The molecule has 22 heteroatoms. The SMILES string of the molecule is Cl.O=C1CCN(S(=O)(=O)c2cccc(OC(F)(F)F)c2)CC1.O=C1CCNCC1.O=S(=O)(c1cccc(OC(F)(F)F)c1)N1CCC2(CC1)NCCO2. The van der Waals surface area contributed by atoms with Crippen LogP contribution in [0.3, 0.4) is 0 Å². The molecule has 0 aliphatic carbocycles. The highest BCUT2D eigenvalue weighted by atomic mass is 35.5. The summed E-state index contributed by atoms with van der Waals surface area (Å²) in [7, 11) is -7.81. The summed E-state index contributed by atoms with van der Waals surface area (Å²) in [6.45, 7) is 3.63. The van der Waals surface area contributed by atoms with Crippen molar-refractivity contribution in [3.05, 3.63) is 48.5 Å². The number of carbonyl (C=O) groups excluding carboxylic acids is 2. The minimum absolute atomic E-state index is 0. The van der Waals surface area contributed by atoms with Crippen LogP contribution in [0.4, 0.5) is 26.3 Å². The fraction of sp³-hybridized carbons (Fsp3) is 0.548. The fourth-order valence-corrected chi connectivity index (χ4v) is 8.58. The van der Waals surface area contributed by atoms with Gasteiger partial charge in [-0.25, -0.2) is 16.8 Å². The second kappa shape index (κ2) is 18.5. The van der Waals surface area contributed by atoms with E-state index in [0.29, 0.717) is 25.2 Å². The second-order valence-corrected chi connectivity index (χ2v) is 15.8. The molecule has 4 aliphatic heterocycles. The van der Waals surface area contributed by atoms with Gasteiger partial charge in [-0.05, 0) is 24.3 Å². The molecule has 4 heterocycles. The van der Waals surface area contributed by atoms with Crippen molar-refractivity contribution in [2.24, 2.45) is 0 Å². The van der Waals surface area contributed by atoms with Crippen LogP contribution in [0.2, 0.25) is 0 Å². The number of rotatable bonds is 6. The molecule has 2 N–H and O–H groups in total. The van der Waals surface area contributed by atoms with Crippen molar-refractivity contribution in [2.75, 3.05) is 52.4 Å². The van der Waals surface area contributed by atoms with Crippen LogP contribution >= 0.6 is 12.4 Å². The van der Waals surface area contributed by atoms with Gasteiger partial charge >= 0.3 is 12.7 Å². The Morgan fingerprint density at radius 2 is 1.09 bits per heavy atom. The first-order valence-electron chi connectivity index (χ1n) is 16.1. The highest BCUT2D eigenvalue weighted by Gasteiger charge is 2.41. The first kappa shape index (κ1) is 44.3. The second-order valence-electron chi connectivity index (χ2n) is 12.0. The van der Waals surface area contributed by atoms with Crippen LogP contribution in [0.25, 0.3) is 0 Å².